The average Bonchev–Trinajstić information content (AvgIpc) is 2.95. The zero-order chi connectivity index (χ0) is 15.8. The standard InChI is InChI=1S/C17H19Cl2NO2/c1-15-9-22-17(8-10(15)6-7-16(15,17)2)14(21)20-13-11(18)4-3-5-12(13)19/h3-5,10H,6-9H2,1-2H3,(H,20,21)/t10-,15+,16+,17+/m1/s1. The van der Waals surface area contributed by atoms with E-state index in [0.29, 0.717) is 28.3 Å². The molecule has 5 heteroatoms. The number of rotatable bonds is 2. The van der Waals surface area contributed by atoms with Crippen LogP contribution in [0, 0.1) is 16.7 Å². The average molecular weight is 340 g/mol. The van der Waals surface area contributed by atoms with Gasteiger partial charge in [-0.05, 0) is 37.3 Å². The molecule has 0 spiro atoms. The molecule has 1 saturated heterocycles. The van der Waals surface area contributed by atoms with Crippen molar-refractivity contribution >= 4 is 34.8 Å². The highest BCUT2D eigenvalue weighted by atomic mass is 35.5. The molecule has 3 aliphatic rings. The fourth-order valence-corrected chi connectivity index (χ4v) is 5.58. The highest BCUT2D eigenvalue weighted by molar-refractivity contribution is 6.39. The number of para-hydroxylation sites is 1. The minimum atomic E-state index is -0.743. The van der Waals surface area contributed by atoms with Gasteiger partial charge in [-0.15, -0.1) is 0 Å². The van der Waals surface area contributed by atoms with E-state index in [0.717, 1.165) is 12.8 Å². The van der Waals surface area contributed by atoms with Crippen LogP contribution in [0.1, 0.15) is 33.1 Å². The molecule has 0 radical (unpaired) electrons. The molecule has 1 N–H and O–H groups in total. The fraction of sp³-hybridized carbons (Fsp3) is 0.588. The summed E-state index contributed by atoms with van der Waals surface area (Å²) in [6, 6.07) is 5.21. The van der Waals surface area contributed by atoms with E-state index >= 15 is 0 Å². The molecular weight excluding hydrogens is 321 g/mol. The summed E-state index contributed by atoms with van der Waals surface area (Å²) in [6.07, 6.45) is 3.03. The van der Waals surface area contributed by atoms with Crippen LogP contribution >= 0.6 is 23.2 Å². The van der Waals surface area contributed by atoms with Gasteiger partial charge in [0.1, 0.15) is 0 Å². The third-order valence-electron chi connectivity index (χ3n) is 6.77. The topological polar surface area (TPSA) is 38.3 Å². The Morgan fingerprint density at radius 2 is 2.00 bits per heavy atom. The Kier molecular flexibility index (Phi) is 2.96. The van der Waals surface area contributed by atoms with Gasteiger partial charge in [0.25, 0.3) is 5.91 Å². The molecule has 1 amide bonds. The Morgan fingerprint density at radius 1 is 1.32 bits per heavy atom. The highest BCUT2D eigenvalue weighted by Gasteiger charge is 2.78. The molecule has 4 bridgehead atoms. The van der Waals surface area contributed by atoms with Crippen LogP contribution in [0.4, 0.5) is 5.69 Å². The second-order valence-electron chi connectivity index (χ2n) is 7.36. The van der Waals surface area contributed by atoms with Crippen molar-refractivity contribution < 1.29 is 9.53 Å². The zero-order valence-electron chi connectivity index (χ0n) is 12.7. The Labute approximate surface area is 140 Å². The van der Waals surface area contributed by atoms with Gasteiger partial charge in [-0.2, -0.15) is 0 Å². The maximum Gasteiger partial charge on any atom is 0.257 e. The van der Waals surface area contributed by atoms with Crippen LogP contribution in [0.2, 0.25) is 10.0 Å². The molecule has 3 nitrogen and oxygen atoms in total. The lowest BCUT2D eigenvalue weighted by atomic mass is 9.66. The van der Waals surface area contributed by atoms with E-state index < -0.39 is 5.60 Å². The zero-order valence-corrected chi connectivity index (χ0v) is 14.2. The predicted molar refractivity (Wildman–Crippen MR) is 87.3 cm³/mol. The number of benzene rings is 1. The maximum absolute atomic E-state index is 13.1. The van der Waals surface area contributed by atoms with Crippen LogP contribution in [0.3, 0.4) is 0 Å². The Bertz CT molecular complexity index is 658. The van der Waals surface area contributed by atoms with Gasteiger partial charge < -0.3 is 10.1 Å². The van der Waals surface area contributed by atoms with E-state index in [9.17, 15) is 4.79 Å². The fourth-order valence-electron chi connectivity index (χ4n) is 5.09. The predicted octanol–water partition coefficient (Wildman–Crippen LogP) is 4.53. The molecule has 1 aromatic carbocycles. The first-order valence-electron chi connectivity index (χ1n) is 7.73. The van der Waals surface area contributed by atoms with Crippen LogP contribution < -0.4 is 5.32 Å². The number of carbonyl (C=O) groups excluding carboxylic acids is 1. The number of nitrogens with one attached hydrogen (secondary N) is 1. The summed E-state index contributed by atoms with van der Waals surface area (Å²) in [5.74, 6) is 0.467. The van der Waals surface area contributed by atoms with Crippen molar-refractivity contribution in [1.29, 1.82) is 0 Å². The molecule has 4 atom stereocenters. The number of anilines is 1. The molecule has 1 aromatic rings. The van der Waals surface area contributed by atoms with E-state index in [1.165, 1.54) is 6.42 Å². The van der Waals surface area contributed by atoms with Crippen molar-refractivity contribution in [2.45, 2.75) is 38.7 Å². The first-order valence-corrected chi connectivity index (χ1v) is 8.49. The molecule has 118 valence electrons. The number of amides is 1. The first-order chi connectivity index (χ1) is 10.3. The Morgan fingerprint density at radius 3 is 2.59 bits per heavy atom. The summed E-state index contributed by atoms with van der Waals surface area (Å²) >= 11 is 12.4. The monoisotopic (exact) mass is 339 g/mol. The molecule has 0 aromatic heterocycles. The third kappa shape index (κ3) is 1.50. The minimum absolute atomic E-state index is 0.101. The highest BCUT2D eigenvalue weighted by Crippen LogP contribution is 2.75. The number of halogens is 2. The van der Waals surface area contributed by atoms with Crippen molar-refractivity contribution in [3.05, 3.63) is 28.2 Å². The van der Waals surface area contributed by atoms with Crippen LogP contribution in [-0.2, 0) is 9.53 Å². The van der Waals surface area contributed by atoms with E-state index in [2.05, 4.69) is 19.2 Å². The first kappa shape index (κ1) is 14.8. The lowest BCUT2D eigenvalue weighted by Crippen LogP contribution is -2.52. The molecule has 1 aliphatic heterocycles. The van der Waals surface area contributed by atoms with Gasteiger partial charge in [0.15, 0.2) is 5.60 Å². The maximum atomic E-state index is 13.1. The van der Waals surface area contributed by atoms with Crippen LogP contribution in [0.5, 0.6) is 0 Å². The van der Waals surface area contributed by atoms with E-state index in [4.69, 9.17) is 27.9 Å². The van der Waals surface area contributed by atoms with Gasteiger partial charge in [-0.3, -0.25) is 4.79 Å². The summed E-state index contributed by atoms with van der Waals surface area (Å²) in [5, 5.41) is 3.84. The Balaban J connectivity index is 1.70. The Hall–Kier alpha value is -0.770. The van der Waals surface area contributed by atoms with Gasteiger partial charge in [-0.25, -0.2) is 0 Å². The lowest BCUT2D eigenvalue weighted by molar-refractivity contribution is -0.149. The third-order valence-corrected chi connectivity index (χ3v) is 7.40. The molecule has 0 unspecified atom stereocenters. The molecule has 22 heavy (non-hydrogen) atoms. The van der Waals surface area contributed by atoms with Gasteiger partial charge in [0.2, 0.25) is 0 Å². The summed E-state index contributed by atoms with van der Waals surface area (Å²) in [5.41, 5.74) is -0.265. The van der Waals surface area contributed by atoms with Crippen LogP contribution in [0.25, 0.3) is 0 Å². The van der Waals surface area contributed by atoms with Crippen molar-refractivity contribution in [3.63, 3.8) is 0 Å². The number of hydrogen-bond acceptors (Lipinski definition) is 2. The van der Waals surface area contributed by atoms with Crippen LogP contribution in [0.15, 0.2) is 18.2 Å². The van der Waals surface area contributed by atoms with Crippen molar-refractivity contribution in [1.82, 2.24) is 0 Å². The quantitative estimate of drug-likeness (QED) is 0.859. The summed E-state index contributed by atoms with van der Waals surface area (Å²) in [7, 11) is 0. The molecule has 4 rings (SSSR count). The number of hydrogen-bond donors (Lipinski definition) is 1. The summed E-state index contributed by atoms with van der Waals surface area (Å²) < 4.78 is 6.09. The van der Waals surface area contributed by atoms with Crippen molar-refractivity contribution in [2.75, 3.05) is 11.9 Å². The van der Waals surface area contributed by atoms with Gasteiger partial charge in [-0.1, -0.05) is 43.1 Å². The molecular formula is C17H19Cl2NO2. The van der Waals surface area contributed by atoms with E-state index in [-0.39, 0.29) is 16.7 Å². The summed E-state index contributed by atoms with van der Waals surface area (Å²) in [6.45, 7) is 5.15. The molecule has 1 heterocycles. The SMILES string of the molecule is C[C@@]12CC[C@@H]3C[C@@]1(C(=O)Nc1c(Cl)cccc1Cl)OC[C@@]32C. The molecule has 2 saturated carbocycles. The molecule has 3 fully saturated rings. The minimum Gasteiger partial charge on any atom is -0.364 e. The largest absolute Gasteiger partial charge is 0.364 e. The van der Waals surface area contributed by atoms with Crippen LogP contribution in [-0.4, -0.2) is 18.1 Å². The van der Waals surface area contributed by atoms with Gasteiger partial charge in [0, 0.05) is 10.8 Å². The normalized spacial score (nSPS) is 41.9. The van der Waals surface area contributed by atoms with E-state index in [1.54, 1.807) is 18.2 Å². The second-order valence-corrected chi connectivity index (χ2v) is 8.17. The lowest BCUT2D eigenvalue weighted by Gasteiger charge is -2.40. The smallest absolute Gasteiger partial charge is 0.257 e. The second kappa shape index (κ2) is 4.40. The summed E-state index contributed by atoms with van der Waals surface area (Å²) in [4.78, 5) is 13.1. The van der Waals surface area contributed by atoms with Crippen molar-refractivity contribution in [3.8, 4) is 0 Å². The van der Waals surface area contributed by atoms with Crippen molar-refractivity contribution in [2.24, 2.45) is 16.7 Å². The number of ether oxygens (including phenoxy) is 1. The number of carbonyl (C=O) groups is 1. The van der Waals surface area contributed by atoms with Gasteiger partial charge in [0.05, 0.1) is 22.3 Å². The van der Waals surface area contributed by atoms with Gasteiger partial charge >= 0.3 is 0 Å². The van der Waals surface area contributed by atoms with E-state index in [1.807, 2.05) is 0 Å². The molecule has 2 aliphatic carbocycles.